The Morgan fingerprint density at radius 1 is 1.26 bits per heavy atom. The highest BCUT2D eigenvalue weighted by atomic mass is 16.1. The van der Waals surface area contributed by atoms with Crippen molar-refractivity contribution in [1.82, 2.24) is 9.78 Å². The van der Waals surface area contributed by atoms with Crippen LogP contribution in [0.2, 0.25) is 0 Å². The Balaban J connectivity index is 1.88. The van der Waals surface area contributed by atoms with Crippen molar-refractivity contribution in [3.63, 3.8) is 0 Å². The van der Waals surface area contributed by atoms with Gasteiger partial charge in [-0.25, -0.2) is 0 Å². The minimum atomic E-state index is -0.318. The minimum absolute atomic E-state index is 0.0529. The summed E-state index contributed by atoms with van der Waals surface area (Å²) in [7, 11) is 1.84. The molecule has 5 heteroatoms. The van der Waals surface area contributed by atoms with E-state index >= 15 is 0 Å². The van der Waals surface area contributed by atoms with E-state index in [1.165, 1.54) is 6.20 Å². The van der Waals surface area contributed by atoms with Crippen molar-refractivity contribution in [1.29, 1.82) is 5.26 Å². The highest BCUT2D eigenvalue weighted by molar-refractivity contribution is 6.12. The summed E-state index contributed by atoms with van der Waals surface area (Å²) in [5.74, 6) is -0.318. The Labute approximate surface area is 133 Å². The van der Waals surface area contributed by atoms with Crippen LogP contribution in [-0.4, -0.2) is 15.6 Å². The van der Waals surface area contributed by atoms with Gasteiger partial charge >= 0.3 is 0 Å². The summed E-state index contributed by atoms with van der Waals surface area (Å²) in [4.78, 5) is 12.5. The molecule has 1 aromatic heterocycles. The average Bonchev–Trinajstić information content (AvgIpc) is 2.97. The Morgan fingerprint density at radius 2 is 2.04 bits per heavy atom. The van der Waals surface area contributed by atoms with Crippen LogP contribution in [0.3, 0.4) is 0 Å². The zero-order valence-electron chi connectivity index (χ0n) is 12.5. The first-order chi connectivity index (χ1) is 11.2. The zero-order valence-corrected chi connectivity index (χ0v) is 12.5. The third-order valence-electron chi connectivity index (χ3n) is 3.53. The summed E-state index contributed by atoms with van der Waals surface area (Å²) in [6, 6.07) is 16.6. The molecule has 112 valence electrons. The molecule has 0 spiro atoms. The third-order valence-corrected chi connectivity index (χ3v) is 3.53. The maximum absolute atomic E-state index is 12.5. The topological polar surface area (TPSA) is 70.7 Å². The lowest BCUT2D eigenvalue weighted by Crippen LogP contribution is -2.04. The molecule has 0 fully saturated rings. The lowest BCUT2D eigenvalue weighted by atomic mass is 10.0. The molecule has 0 aliphatic carbocycles. The number of hydrogen-bond donors (Lipinski definition) is 1. The van der Waals surface area contributed by atoms with Gasteiger partial charge in [0.15, 0.2) is 0 Å². The first-order valence-electron chi connectivity index (χ1n) is 7.07. The number of nitrogens with one attached hydrogen (secondary N) is 1. The Hall–Kier alpha value is -3.39. The SMILES string of the molecule is Cn1ncc2cc(C(=O)/C(C#N)=C/Nc3ccccc3)ccc21. The summed E-state index contributed by atoms with van der Waals surface area (Å²) in [6.07, 6.45) is 3.13. The van der Waals surface area contributed by atoms with Crippen molar-refractivity contribution in [3.8, 4) is 6.07 Å². The summed E-state index contributed by atoms with van der Waals surface area (Å²) in [5, 5.41) is 17.2. The minimum Gasteiger partial charge on any atom is -0.360 e. The van der Waals surface area contributed by atoms with E-state index in [4.69, 9.17) is 0 Å². The van der Waals surface area contributed by atoms with Gasteiger partial charge in [-0.15, -0.1) is 0 Å². The number of rotatable bonds is 4. The molecule has 0 saturated heterocycles. The number of hydrogen-bond acceptors (Lipinski definition) is 4. The van der Waals surface area contributed by atoms with E-state index in [2.05, 4.69) is 10.4 Å². The van der Waals surface area contributed by atoms with Crippen molar-refractivity contribution in [2.24, 2.45) is 7.05 Å². The van der Waals surface area contributed by atoms with Gasteiger partial charge in [0.1, 0.15) is 11.6 Å². The summed E-state index contributed by atoms with van der Waals surface area (Å²) >= 11 is 0. The second kappa shape index (κ2) is 6.16. The third kappa shape index (κ3) is 2.97. The van der Waals surface area contributed by atoms with Crippen LogP contribution in [0, 0.1) is 11.3 Å². The van der Waals surface area contributed by atoms with Crippen LogP contribution in [-0.2, 0) is 7.05 Å². The maximum Gasteiger partial charge on any atom is 0.205 e. The van der Waals surface area contributed by atoms with Crippen LogP contribution in [0.4, 0.5) is 5.69 Å². The fourth-order valence-electron chi connectivity index (χ4n) is 2.30. The predicted molar refractivity (Wildman–Crippen MR) is 88.8 cm³/mol. The summed E-state index contributed by atoms with van der Waals surface area (Å²) in [6.45, 7) is 0. The van der Waals surface area contributed by atoms with Crippen LogP contribution >= 0.6 is 0 Å². The smallest absolute Gasteiger partial charge is 0.205 e. The average molecular weight is 302 g/mol. The molecule has 0 unspecified atom stereocenters. The molecule has 3 rings (SSSR count). The van der Waals surface area contributed by atoms with E-state index in [-0.39, 0.29) is 11.4 Å². The summed E-state index contributed by atoms with van der Waals surface area (Å²) < 4.78 is 1.74. The first-order valence-corrected chi connectivity index (χ1v) is 7.07. The van der Waals surface area contributed by atoms with Crippen LogP contribution in [0.1, 0.15) is 10.4 Å². The van der Waals surface area contributed by atoms with Gasteiger partial charge in [0.05, 0.1) is 11.7 Å². The van der Waals surface area contributed by atoms with Gasteiger partial charge in [0.25, 0.3) is 0 Å². The molecule has 0 radical (unpaired) electrons. The quantitative estimate of drug-likeness (QED) is 0.456. The van der Waals surface area contributed by atoms with Crippen molar-refractivity contribution < 1.29 is 4.79 Å². The lowest BCUT2D eigenvalue weighted by Gasteiger charge is -2.03. The molecule has 5 nitrogen and oxygen atoms in total. The highest BCUT2D eigenvalue weighted by Crippen LogP contribution is 2.17. The monoisotopic (exact) mass is 302 g/mol. The number of benzene rings is 2. The second-order valence-corrected chi connectivity index (χ2v) is 5.05. The maximum atomic E-state index is 12.5. The second-order valence-electron chi connectivity index (χ2n) is 5.05. The van der Waals surface area contributed by atoms with Gasteiger partial charge in [0.2, 0.25) is 5.78 Å². The van der Waals surface area contributed by atoms with Gasteiger partial charge in [-0.1, -0.05) is 18.2 Å². The van der Waals surface area contributed by atoms with Gasteiger partial charge < -0.3 is 5.32 Å². The number of para-hydroxylation sites is 1. The van der Waals surface area contributed by atoms with Crippen LogP contribution in [0.5, 0.6) is 0 Å². The van der Waals surface area contributed by atoms with Crippen LogP contribution in [0.25, 0.3) is 10.9 Å². The number of nitrogens with zero attached hydrogens (tertiary/aromatic N) is 3. The van der Waals surface area contributed by atoms with Gasteiger partial charge in [-0.2, -0.15) is 10.4 Å². The van der Waals surface area contributed by atoms with Crippen molar-refractivity contribution in [3.05, 3.63) is 72.1 Å². The molecule has 1 N–H and O–H groups in total. The number of ketones is 1. The van der Waals surface area contributed by atoms with Crippen molar-refractivity contribution in [2.45, 2.75) is 0 Å². The largest absolute Gasteiger partial charge is 0.360 e. The molecular weight excluding hydrogens is 288 g/mol. The fourth-order valence-corrected chi connectivity index (χ4v) is 2.30. The Morgan fingerprint density at radius 3 is 2.78 bits per heavy atom. The van der Waals surface area contributed by atoms with Gasteiger partial charge in [0, 0.05) is 29.9 Å². The van der Waals surface area contributed by atoms with Crippen molar-refractivity contribution >= 4 is 22.4 Å². The van der Waals surface area contributed by atoms with E-state index in [0.717, 1.165) is 16.6 Å². The number of allylic oxidation sites excluding steroid dienone is 1. The van der Waals surface area contributed by atoms with Crippen molar-refractivity contribution in [2.75, 3.05) is 5.32 Å². The number of aryl methyl sites for hydroxylation is 1. The molecule has 0 bridgehead atoms. The molecule has 1 heterocycles. The molecular formula is C18H14N4O. The van der Waals surface area contributed by atoms with E-state index in [1.807, 2.05) is 49.5 Å². The van der Waals surface area contributed by atoms with Gasteiger partial charge in [-0.05, 0) is 30.3 Å². The van der Waals surface area contributed by atoms with E-state index in [9.17, 15) is 10.1 Å². The van der Waals surface area contributed by atoms with Gasteiger partial charge in [-0.3, -0.25) is 9.48 Å². The molecule has 0 saturated carbocycles. The number of carbonyl (C=O) groups is 1. The van der Waals surface area contributed by atoms with Crippen LogP contribution < -0.4 is 5.32 Å². The molecule has 0 aliphatic rings. The number of nitriles is 1. The molecule has 2 aromatic carbocycles. The molecule has 0 atom stereocenters. The number of aromatic nitrogens is 2. The first kappa shape index (κ1) is 14.5. The Kier molecular flexibility index (Phi) is 3.89. The number of carbonyl (C=O) groups excluding carboxylic acids is 1. The summed E-state index contributed by atoms with van der Waals surface area (Å²) in [5.41, 5.74) is 2.27. The highest BCUT2D eigenvalue weighted by Gasteiger charge is 2.13. The standard InChI is InChI=1S/C18H14N4O/c1-22-17-8-7-13(9-14(17)12-21-22)18(23)15(10-19)11-20-16-5-3-2-4-6-16/h2-9,11-12,20H,1H3/b15-11+. The molecule has 3 aromatic rings. The van der Waals surface area contributed by atoms with Crippen LogP contribution in [0.15, 0.2) is 66.5 Å². The molecule has 0 aliphatic heterocycles. The predicted octanol–water partition coefficient (Wildman–Crippen LogP) is 3.28. The van der Waals surface area contributed by atoms with E-state index < -0.39 is 0 Å². The molecule has 23 heavy (non-hydrogen) atoms. The lowest BCUT2D eigenvalue weighted by molar-refractivity contribution is 0.103. The Bertz CT molecular complexity index is 933. The molecule has 0 amide bonds. The fraction of sp³-hybridized carbons (Fsp3) is 0.0556. The van der Waals surface area contributed by atoms with E-state index in [0.29, 0.717) is 5.56 Å². The number of Topliss-reactive ketones (excluding diaryl/α,β-unsaturated/α-hetero) is 1. The zero-order chi connectivity index (χ0) is 16.2. The number of anilines is 1. The normalized spacial score (nSPS) is 11.2. The van der Waals surface area contributed by atoms with E-state index in [1.54, 1.807) is 23.0 Å². The number of fused-ring (bicyclic) bond motifs is 1.